The number of esters is 1. The van der Waals surface area contributed by atoms with Crippen molar-refractivity contribution in [3.63, 3.8) is 0 Å². The van der Waals surface area contributed by atoms with E-state index in [0.29, 0.717) is 5.69 Å². The van der Waals surface area contributed by atoms with E-state index in [-0.39, 0.29) is 33.3 Å². The van der Waals surface area contributed by atoms with Gasteiger partial charge in [0.15, 0.2) is 0 Å². The molecule has 3 rings (SSSR count). The van der Waals surface area contributed by atoms with Gasteiger partial charge in [0.05, 0.1) is 22.9 Å². The predicted octanol–water partition coefficient (Wildman–Crippen LogP) is 5.19. The third-order valence-electron chi connectivity index (χ3n) is 4.91. The number of halogens is 1. The van der Waals surface area contributed by atoms with E-state index in [1.54, 1.807) is 43.3 Å². The number of hydrogen-bond donors (Lipinski definition) is 2. The summed E-state index contributed by atoms with van der Waals surface area (Å²) in [6.07, 6.45) is 0. The molecule has 0 aliphatic heterocycles. The average molecular weight is 487 g/mol. The number of para-hydroxylation sites is 1. The molecule has 0 heterocycles. The Morgan fingerprint density at radius 3 is 2.39 bits per heavy atom. The molecule has 0 atom stereocenters. The quantitative estimate of drug-likeness (QED) is 0.448. The number of hydrogen-bond acceptors (Lipinski definition) is 5. The molecule has 0 aliphatic rings. The summed E-state index contributed by atoms with van der Waals surface area (Å²) < 4.78 is 33.5. The number of amides is 1. The van der Waals surface area contributed by atoms with E-state index in [0.717, 1.165) is 11.1 Å². The first kappa shape index (κ1) is 24.3. The van der Waals surface area contributed by atoms with Gasteiger partial charge < -0.3 is 10.1 Å². The summed E-state index contributed by atoms with van der Waals surface area (Å²) in [6.45, 7) is 5.67. The van der Waals surface area contributed by atoms with Gasteiger partial charge in [0.2, 0.25) is 0 Å². The Bertz CT molecular complexity index is 1320. The zero-order chi connectivity index (χ0) is 24.2. The minimum absolute atomic E-state index is 0.0326. The molecule has 1 amide bonds. The number of carbonyl (C=O) groups is 2. The van der Waals surface area contributed by atoms with Crippen LogP contribution in [0.3, 0.4) is 0 Å². The molecule has 0 saturated carbocycles. The highest BCUT2D eigenvalue weighted by Crippen LogP contribution is 2.27. The molecule has 7 nitrogen and oxygen atoms in total. The largest absolute Gasteiger partial charge is 0.462 e. The van der Waals surface area contributed by atoms with Crippen LogP contribution in [0.25, 0.3) is 0 Å². The van der Waals surface area contributed by atoms with Crippen LogP contribution in [0.15, 0.2) is 65.6 Å². The molecule has 0 radical (unpaired) electrons. The smallest absolute Gasteiger partial charge is 0.340 e. The number of carbonyl (C=O) groups excluding carboxylic acids is 2. The third kappa shape index (κ3) is 5.71. The topological polar surface area (TPSA) is 102 Å². The summed E-state index contributed by atoms with van der Waals surface area (Å²) in [5.41, 5.74) is 2.82. The lowest BCUT2D eigenvalue weighted by Gasteiger charge is -2.13. The number of anilines is 2. The van der Waals surface area contributed by atoms with Gasteiger partial charge in [-0.1, -0.05) is 29.8 Å². The Morgan fingerprint density at radius 2 is 1.70 bits per heavy atom. The molecular weight excluding hydrogens is 464 g/mol. The van der Waals surface area contributed by atoms with Crippen molar-refractivity contribution < 1.29 is 22.7 Å². The fraction of sp³-hybridized carbons (Fsp3) is 0.167. The summed E-state index contributed by atoms with van der Waals surface area (Å²) in [4.78, 5) is 24.8. The summed E-state index contributed by atoms with van der Waals surface area (Å²) >= 11 is 6.16. The number of rotatable bonds is 7. The van der Waals surface area contributed by atoms with Gasteiger partial charge in [-0.05, 0) is 74.4 Å². The van der Waals surface area contributed by atoms with E-state index in [4.69, 9.17) is 16.3 Å². The van der Waals surface area contributed by atoms with Crippen molar-refractivity contribution in [2.24, 2.45) is 0 Å². The second-order valence-corrected chi connectivity index (χ2v) is 9.33. The van der Waals surface area contributed by atoms with Gasteiger partial charge in [-0.2, -0.15) is 0 Å². The fourth-order valence-electron chi connectivity index (χ4n) is 3.04. The van der Waals surface area contributed by atoms with Crippen LogP contribution in [-0.2, 0) is 14.8 Å². The molecule has 9 heteroatoms. The summed E-state index contributed by atoms with van der Waals surface area (Å²) in [5, 5.41) is 2.60. The lowest BCUT2D eigenvalue weighted by atomic mass is 10.1. The first-order valence-corrected chi connectivity index (χ1v) is 12.0. The molecule has 0 spiro atoms. The van der Waals surface area contributed by atoms with E-state index < -0.39 is 21.9 Å². The second kappa shape index (κ2) is 10.1. The highest BCUT2D eigenvalue weighted by molar-refractivity contribution is 7.92. The Balaban J connectivity index is 1.89. The van der Waals surface area contributed by atoms with Crippen LogP contribution in [-0.4, -0.2) is 26.9 Å². The van der Waals surface area contributed by atoms with E-state index in [1.165, 1.54) is 24.3 Å². The lowest BCUT2D eigenvalue weighted by molar-refractivity contribution is 0.0527. The van der Waals surface area contributed by atoms with Gasteiger partial charge in [-0.15, -0.1) is 0 Å². The van der Waals surface area contributed by atoms with Gasteiger partial charge >= 0.3 is 5.97 Å². The van der Waals surface area contributed by atoms with Gasteiger partial charge in [-0.3, -0.25) is 9.52 Å². The first-order valence-electron chi connectivity index (χ1n) is 10.1. The van der Waals surface area contributed by atoms with Crippen molar-refractivity contribution in [3.8, 4) is 0 Å². The zero-order valence-corrected chi connectivity index (χ0v) is 19.9. The number of benzene rings is 3. The van der Waals surface area contributed by atoms with E-state index in [9.17, 15) is 18.0 Å². The molecule has 0 bridgehead atoms. The molecule has 2 N–H and O–H groups in total. The lowest BCUT2D eigenvalue weighted by Crippen LogP contribution is -2.18. The highest BCUT2D eigenvalue weighted by atomic mass is 35.5. The molecule has 33 heavy (non-hydrogen) atoms. The molecule has 172 valence electrons. The molecule has 3 aromatic carbocycles. The normalized spacial score (nSPS) is 11.0. The van der Waals surface area contributed by atoms with Crippen LogP contribution >= 0.6 is 11.6 Å². The van der Waals surface area contributed by atoms with Gasteiger partial charge in [0, 0.05) is 11.3 Å². The molecule has 3 aromatic rings. The van der Waals surface area contributed by atoms with Crippen molar-refractivity contribution in [1.29, 1.82) is 0 Å². The van der Waals surface area contributed by atoms with Crippen LogP contribution in [0.5, 0.6) is 0 Å². The standard InChI is InChI=1S/C24H23ClN2O5S/c1-4-32-24(29)19-7-5-6-8-21(19)26-23(28)17-10-12-20(25)22(14-17)33(30,31)27-18-11-9-15(2)16(3)13-18/h5-14,27H,4H2,1-3H3,(H,26,28). The van der Waals surface area contributed by atoms with Crippen molar-refractivity contribution in [2.45, 2.75) is 25.7 Å². The van der Waals surface area contributed by atoms with Crippen LogP contribution in [0.2, 0.25) is 5.02 Å². The number of sulfonamides is 1. The molecule has 0 unspecified atom stereocenters. The van der Waals surface area contributed by atoms with Crippen LogP contribution in [0, 0.1) is 13.8 Å². The number of aryl methyl sites for hydroxylation is 2. The Hall–Kier alpha value is -3.36. The average Bonchev–Trinajstić information content (AvgIpc) is 2.76. The van der Waals surface area contributed by atoms with Gasteiger partial charge in [0.1, 0.15) is 4.90 Å². The molecule has 0 aliphatic carbocycles. The van der Waals surface area contributed by atoms with Crippen molar-refractivity contribution in [1.82, 2.24) is 0 Å². The van der Waals surface area contributed by atoms with Crippen molar-refractivity contribution in [2.75, 3.05) is 16.6 Å². The molecule has 0 saturated heterocycles. The van der Waals surface area contributed by atoms with Crippen LogP contribution in [0.4, 0.5) is 11.4 Å². The number of nitrogens with one attached hydrogen (secondary N) is 2. The molecule has 0 fully saturated rings. The summed E-state index contributed by atoms with van der Waals surface area (Å²) in [6, 6.07) is 15.5. The monoisotopic (exact) mass is 486 g/mol. The summed E-state index contributed by atoms with van der Waals surface area (Å²) in [7, 11) is -4.07. The molecule has 0 aromatic heterocycles. The maximum absolute atomic E-state index is 13.0. The maximum atomic E-state index is 13.0. The number of ether oxygens (including phenoxy) is 1. The SMILES string of the molecule is CCOC(=O)c1ccccc1NC(=O)c1ccc(Cl)c(S(=O)(=O)Nc2ccc(C)c(C)c2)c1. The van der Waals surface area contributed by atoms with E-state index >= 15 is 0 Å². The first-order chi connectivity index (χ1) is 15.6. The molecular formula is C24H23ClN2O5S. The highest BCUT2D eigenvalue weighted by Gasteiger charge is 2.22. The van der Waals surface area contributed by atoms with Gasteiger partial charge in [0.25, 0.3) is 15.9 Å². The Kier molecular flexibility index (Phi) is 7.40. The van der Waals surface area contributed by atoms with Crippen molar-refractivity contribution in [3.05, 3.63) is 87.9 Å². The Morgan fingerprint density at radius 1 is 0.970 bits per heavy atom. The van der Waals surface area contributed by atoms with Gasteiger partial charge in [-0.25, -0.2) is 13.2 Å². The van der Waals surface area contributed by atoms with E-state index in [1.807, 2.05) is 13.8 Å². The van der Waals surface area contributed by atoms with Crippen LogP contribution < -0.4 is 10.0 Å². The minimum Gasteiger partial charge on any atom is -0.462 e. The van der Waals surface area contributed by atoms with E-state index in [2.05, 4.69) is 10.0 Å². The summed E-state index contributed by atoms with van der Waals surface area (Å²) in [5.74, 6) is -1.18. The predicted molar refractivity (Wildman–Crippen MR) is 129 cm³/mol. The van der Waals surface area contributed by atoms with Crippen molar-refractivity contribution >= 4 is 44.9 Å². The third-order valence-corrected chi connectivity index (χ3v) is 6.78. The minimum atomic E-state index is -4.07. The maximum Gasteiger partial charge on any atom is 0.340 e. The second-order valence-electron chi connectivity index (χ2n) is 7.27. The Labute approximate surface area is 197 Å². The fourth-order valence-corrected chi connectivity index (χ4v) is 4.62. The van der Waals surface area contributed by atoms with Crippen LogP contribution in [0.1, 0.15) is 38.8 Å². The zero-order valence-electron chi connectivity index (χ0n) is 18.3.